The molecule has 0 unspecified atom stereocenters. The summed E-state index contributed by atoms with van der Waals surface area (Å²) in [5, 5.41) is 14.4. The molecule has 1 aliphatic rings. The second-order valence-electron chi connectivity index (χ2n) is 4.99. The van der Waals surface area contributed by atoms with Crippen molar-refractivity contribution >= 4 is 11.4 Å². The topological polar surface area (TPSA) is 73.6 Å². The van der Waals surface area contributed by atoms with Crippen LogP contribution in [0.25, 0.3) is 0 Å². The lowest BCUT2D eigenvalue weighted by molar-refractivity contribution is -0.384. The van der Waals surface area contributed by atoms with E-state index in [4.69, 9.17) is 9.47 Å². The highest BCUT2D eigenvalue weighted by atomic mass is 16.6. The smallest absolute Gasteiger partial charge is 0.296 e. The van der Waals surface area contributed by atoms with Crippen molar-refractivity contribution in [2.45, 2.75) is 37.8 Å². The average molecular weight is 280 g/mol. The summed E-state index contributed by atoms with van der Waals surface area (Å²) in [5.41, 5.74) is 0.606. The molecule has 1 aromatic rings. The Labute approximate surface area is 118 Å². The van der Waals surface area contributed by atoms with Crippen LogP contribution in [0.15, 0.2) is 18.2 Å². The molecular weight excluding hydrogens is 260 g/mol. The lowest BCUT2D eigenvalue weighted by atomic mass is 9.92. The van der Waals surface area contributed by atoms with Crippen LogP contribution >= 0.6 is 0 Å². The number of nitrogens with one attached hydrogen (secondary N) is 1. The van der Waals surface area contributed by atoms with Crippen molar-refractivity contribution in [2.75, 3.05) is 19.5 Å². The fraction of sp³-hybridized carbons (Fsp3) is 0.571. The second kappa shape index (κ2) is 6.56. The average Bonchev–Trinajstić information content (AvgIpc) is 2.48. The number of ether oxygens (including phenoxy) is 2. The third-order valence-electron chi connectivity index (χ3n) is 3.77. The van der Waals surface area contributed by atoms with Gasteiger partial charge in [-0.25, -0.2) is 0 Å². The Hall–Kier alpha value is -1.82. The first-order chi connectivity index (χ1) is 9.63. The van der Waals surface area contributed by atoms with Crippen molar-refractivity contribution in [3.05, 3.63) is 28.3 Å². The first kappa shape index (κ1) is 14.6. The van der Waals surface area contributed by atoms with Crippen LogP contribution in [-0.4, -0.2) is 31.3 Å². The summed E-state index contributed by atoms with van der Waals surface area (Å²) in [4.78, 5) is 10.7. The van der Waals surface area contributed by atoms with Crippen LogP contribution in [0.4, 0.5) is 11.4 Å². The number of nitrogens with zero attached hydrogens (tertiary/aromatic N) is 1. The Bertz CT molecular complexity index is 470. The van der Waals surface area contributed by atoms with Crippen molar-refractivity contribution < 1.29 is 14.4 Å². The molecule has 6 nitrogen and oxygen atoms in total. The number of hydrogen-bond donors (Lipinski definition) is 1. The van der Waals surface area contributed by atoms with Crippen molar-refractivity contribution in [3.8, 4) is 5.75 Å². The Morgan fingerprint density at radius 2 is 1.95 bits per heavy atom. The van der Waals surface area contributed by atoms with E-state index in [1.807, 2.05) is 0 Å². The molecule has 0 aromatic heterocycles. The Morgan fingerprint density at radius 1 is 1.25 bits per heavy atom. The molecule has 20 heavy (non-hydrogen) atoms. The van der Waals surface area contributed by atoms with Gasteiger partial charge < -0.3 is 14.8 Å². The van der Waals surface area contributed by atoms with E-state index in [9.17, 15) is 10.1 Å². The molecule has 6 heteroatoms. The summed E-state index contributed by atoms with van der Waals surface area (Å²) in [5.74, 6) is 0.491. The van der Waals surface area contributed by atoms with Crippen molar-refractivity contribution in [1.29, 1.82) is 0 Å². The maximum atomic E-state index is 11.1. The zero-order valence-electron chi connectivity index (χ0n) is 11.8. The third-order valence-corrected chi connectivity index (χ3v) is 3.77. The summed E-state index contributed by atoms with van der Waals surface area (Å²) in [6, 6.07) is 5.15. The van der Waals surface area contributed by atoms with E-state index in [1.165, 1.54) is 13.2 Å². The molecule has 0 saturated heterocycles. The molecule has 1 saturated carbocycles. The zero-order valence-corrected chi connectivity index (χ0v) is 11.8. The predicted octanol–water partition coefficient (Wildman–Crippen LogP) is 2.97. The van der Waals surface area contributed by atoms with Gasteiger partial charge in [0.1, 0.15) is 11.4 Å². The number of hydrogen-bond acceptors (Lipinski definition) is 5. The molecule has 2 rings (SSSR count). The van der Waals surface area contributed by atoms with Gasteiger partial charge >= 0.3 is 0 Å². The Balaban J connectivity index is 2.07. The SMILES string of the molecule is COc1ccc(NC2CCC(OC)CC2)c([N+](=O)[O-])c1. The molecule has 0 atom stereocenters. The van der Waals surface area contributed by atoms with Gasteiger partial charge in [-0.15, -0.1) is 0 Å². The molecular formula is C14H20N2O4. The number of nitro groups is 1. The van der Waals surface area contributed by atoms with Crippen LogP contribution in [0.5, 0.6) is 5.75 Å². The second-order valence-corrected chi connectivity index (χ2v) is 4.99. The minimum absolute atomic E-state index is 0.0539. The maximum absolute atomic E-state index is 11.1. The summed E-state index contributed by atoms with van der Waals surface area (Å²) in [6.45, 7) is 0. The predicted molar refractivity (Wildman–Crippen MR) is 76.3 cm³/mol. The molecule has 1 fully saturated rings. The van der Waals surface area contributed by atoms with E-state index < -0.39 is 0 Å². The lowest BCUT2D eigenvalue weighted by Crippen LogP contribution is -2.29. The minimum Gasteiger partial charge on any atom is -0.496 e. The highest BCUT2D eigenvalue weighted by molar-refractivity contribution is 5.64. The fourth-order valence-electron chi connectivity index (χ4n) is 2.57. The van der Waals surface area contributed by atoms with Crippen LogP contribution in [0.1, 0.15) is 25.7 Å². The fourth-order valence-corrected chi connectivity index (χ4v) is 2.57. The summed E-state index contributed by atoms with van der Waals surface area (Å²) >= 11 is 0. The molecule has 1 aliphatic carbocycles. The van der Waals surface area contributed by atoms with Crippen molar-refractivity contribution in [1.82, 2.24) is 0 Å². The largest absolute Gasteiger partial charge is 0.496 e. The van der Waals surface area contributed by atoms with Crippen LogP contribution in [0.2, 0.25) is 0 Å². The Morgan fingerprint density at radius 3 is 2.50 bits per heavy atom. The van der Waals surface area contributed by atoms with Crippen LogP contribution in [0, 0.1) is 10.1 Å². The summed E-state index contributed by atoms with van der Waals surface area (Å²) < 4.78 is 10.4. The Kier molecular flexibility index (Phi) is 4.79. The zero-order chi connectivity index (χ0) is 14.5. The van der Waals surface area contributed by atoms with Gasteiger partial charge in [-0.3, -0.25) is 10.1 Å². The molecule has 0 amide bonds. The first-order valence-electron chi connectivity index (χ1n) is 6.75. The highest BCUT2D eigenvalue weighted by Gasteiger charge is 2.23. The van der Waals surface area contributed by atoms with Gasteiger partial charge in [0.15, 0.2) is 0 Å². The van der Waals surface area contributed by atoms with Crippen molar-refractivity contribution in [2.24, 2.45) is 0 Å². The molecule has 0 aliphatic heterocycles. The first-order valence-corrected chi connectivity index (χ1v) is 6.75. The molecule has 0 bridgehead atoms. The van der Waals surface area contributed by atoms with E-state index in [2.05, 4.69) is 5.32 Å². The minimum atomic E-state index is -0.383. The van der Waals surface area contributed by atoms with Gasteiger partial charge in [0.05, 0.1) is 24.2 Å². The molecule has 0 heterocycles. The number of anilines is 1. The van der Waals surface area contributed by atoms with Crippen molar-refractivity contribution in [3.63, 3.8) is 0 Å². The highest BCUT2D eigenvalue weighted by Crippen LogP contribution is 2.31. The summed E-state index contributed by atoms with van der Waals surface area (Å²) in [7, 11) is 3.23. The lowest BCUT2D eigenvalue weighted by Gasteiger charge is -2.28. The van der Waals surface area contributed by atoms with E-state index in [0.717, 1.165) is 25.7 Å². The van der Waals surface area contributed by atoms with Gasteiger partial charge in [-0.05, 0) is 37.8 Å². The van der Waals surface area contributed by atoms with Gasteiger partial charge in [0.2, 0.25) is 0 Å². The van der Waals surface area contributed by atoms with Crippen LogP contribution in [-0.2, 0) is 4.74 Å². The number of rotatable bonds is 5. The monoisotopic (exact) mass is 280 g/mol. The number of methoxy groups -OCH3 is 2. The normalized spacial score (nSPS) is 22.3. The van der Waals surface area contributed by atoms with Gasteiger partial charge in [-0.2, -0.15) is 0 Å². The standard InChI is InChI=1S/C14H20N2O4/c1-19-11-5-3-10(4-6-11)15-13-8-7-12(20-2)9-14(13)16(17)18/h7-11,15H,3-6H2,1-2H3. The quantitative estimate of drug-likeness (QED) is 0.663. The molecule has 1 aromatic carbocycles. The van der Waals surface area contributed by atoms with E-state index in [0.29, 0.717) is 17.5 Å². The van der Waals surface area contributed by atoms with Gasteiger partial charge in [-0.1, -0.05) is 0 Å². The summed E-state index contributed by atoms with van der Waals surface area (Å²) in [6.07, 6.45) is 4.21. The number of benzene rings is 1. The molecule has 1 N–H and O–H groups in total. The van der Waals surface area contributed by atoms with Crippen LogP contribution < -0.4 is 10.1 Å². The van der Waals surface area contributed by atoms with Crippen LogP contribution in [0.3, 0.4) is 0 Å². The third kappa shape index (κ3) is 3.39. The molecule has 0 spiro atoms. The van der Waals surface area contributed by atoms with Gasteiger partial charge in [0.25, 0.3) is 5.69 Å². The van der Waals surface area contributed by atoms with Gasteiger partial charge in [0, 0.05) is 13.2 Å². The van der Waals surface area contributed by atoms with E-state index in [-0.39, 0.29) is 16.7 Å². The van der Waals surface area contributed by atoms with E-state index >= 15 is 0 Å². The molecule has 110 valence electrons. The van der Waals surface area contributed by atoms with E-state index in [1.54, 1.807) is 19.2 Å². The number of nitro benzene ring substituents is 1. The molecule has 0 radical (unpaired) electrons. The maximum Gasteiger partial charge on any atom is 0.296 e.